The van der Waals surface area contributed by atoms with Crippen LogP contribution in [0.5, 0.6) is 0 Å². The van der Waals surface area contributed by atoms with Gasteiger partial charge in [0.25, 0.3) is 17.9 Å². The SMILES string of the molecule is CC.CC[C@](C)(O)c1cc2n(c(=O)c1COC=O)Cc1c-2nc2cc(F)c(C)c3c2c1C(N(C)C(=O)OC1/C=C/CC[C@@](O)(C(=O)NCCCCCC(=O)NC(C)(C)CCOC(C)(C)C)CC1)CC3. The number of pyridine rings is 2. The summed E-state index contributed by atoms with van der Waals surface area (Å²) in [6, 6.07) is 2.50. The summed E-state index contributed by atoms with van der Waals surface area (Å²) in [6.07, 6.45) is 7.25. The van der Waals surface area contributed by atoms with Gasteiger partial charge in [-0.25, -0.2) is 14.2 Å². The van der Waals surface area contributed by atoms with E-state index in [1.807, 2.05) is 48.5 Å². The number of hydrogen-bond acceptors (Lipinski definition) is 11. The first kappa shape index (κ1) is 54.7. The van der Waals surface area contributed by atoms with Crippen LogP contribution in [0.15, 0.2) is 29.1 Å². The Bertz CT molecular complexity index is 2460. The molecule has 6 rings (SSSR count). The second-order valence-corrected chi connectivity index (χ2v) is 20.4. The van der Waals surface area contributed by atoms with Crippen LogP contribution in [0, 0.1) is 12.7 Å². The number of allylic oxidation sites excluding steroid dienone is 1. The summed E-state index contributed by atoms with van der Waals surface area (Å²) >= 11 is 0. The van der Waals surface area contributed by atoms with Gasteiger partial charge in [-0.05, 0) is 147 Å². The molecule has 2 aromatic heterocycles. The molecule has 0 spiro atoms. The van der Waals surface area contributed by atoms with Crippen LogP contribution in [-0.2, 0) is 53.8 Å². The third-order valence-electron chi connectivity index (χ3n) is 13.7. The third kappa shape index (κ3) is 12.8. The van der Waals surface area contributed by atoms with Crippen molar-refractivity contribution < 1.29 is 48.0 Å². The van der Waals surface area contributed by atoms with E-state index in [1.54, 1.807) is 46.0 Å². The number of halogens is 1. The Balaban J connectivity index is 0.00000438. The lowest BCUT2D eigenvalue weighted by Crippen LogP contribution is -2.48. The van der Waals surface area contributed by atoms with E-state index in [4.69, 9.17) is 19.2 Å². The molecule has 3 heterocycles. The number of amides is 3. The van der Waals surface area contributed by atoms with Crippen LogP contribution in [0.4, 0.5) is 9.18 Å². The number of aliphatic hydroxyl groups is 2. The van der Waals surface area contributed by atoms with Crippen molar-refractivity contribution in [1.29, 1.82) is 0 Å². The van der Waals surface area contributed by atoms with Crippen molar-refractivity contribution in [3.05, 3.63) is 73.8 Å². The Morgan fingerprint density at radius 3 is 2.46 bits per heavy atom. The average molecular weight is 962 g/mol. The van der Waals surface area contributed by atoms with Gasteiger partial charge < -0.3 is 44.5 Å². The van der Waals surface area contributed by atoms with Crippen LogP contribution in [-0.4, -0.2) is 92.1 Å². The molecule has 69 heavy (non-hydrogen) atoms. The van der Waals surface area contributed by atoms with Crippen molar-refractivity contribution in [1.82, 2.24) is 25.1 Å². The average Bonchev–Trinajstić information content (AvgIpc) is 3.66. The van der Waals surface area contributed by atoms with E-state index >= 15 is 4.39 Å². The van der Waals surface area contributed by atoms with Gasteiger partial charge in [-0.15, -0.1) is 0 Å². The topological polar surface area (TPSA) is 199 Å². The zero-order chi connectivity index (χ0) is 51.1. The predicted octanol–water partition coefficient (Wildman–Crippen LogP) is 8.25. The van der Waals surface area contributed by atoms with E-state index in [9.17, 15) is 34.2 Å². The second-order valence-electron chi connectivity index (χ2n) is 20.4. The molecule has 16 heteroatoms. The van der Waals surface area contributed by atoms with Gasteiger partial charge in [-0.3, -0.25) is 19.2 Å². The molecule has 2 aliphatic carbocycles. The zero-order valence-corrected chi connectivity index (χ0v) is 42.7. The molecule has 0 saturated carbocycles. The first-order chi connectivity index (χ1) is 32.5. The number of nitrogens with one attached hydrogen (secondary N) is 2. The lowest BCUT2D eigenvalue weighted by molar-refractivity contribution is -0.142. The normalized spacial score (nSPS) is 19.9. The lowest BCUT2D eigenvalue weighted by Gasteiger charge is -2.35. The largest absolute Gasteiger partial charge is 0.463 e. The van der Waals surface area contributed by atoms with Crippen LogP contribution >= 0.6 is 0 Å². The van der Waals surface area contributed by atoms with Gasteiger partial charge in [0, 0.05) is 49.2 Å². The molecule has 1 aliphatic heterocycles. The van der Waals surface area contributed by atoms with Crippen molar-refractivity contribution in [2.24, 2.45) is 0 Å². The minimum absolute atomic E-state index is 0.0303. The molecule has 4 atom stereocenters. The van der Waals surface area contributed by atoms with Gasteiger partial charge in [-0.1, -0.05) is 33.3 Å². The Labute approximate surface area is 406 Å². The van der Waals surface area contributed by atoms with E-state index in [2.05, 4.69) is 10.6 Å². The molecule has 3 aromatic rings. The van der Waals surface area contributed by atoms with Crippen LogP contribution in [0.3, 0.4) is 0 Å². The molecule has 4 N–H and O–H groups in total. The molecule has 0 bridgehead atoms. The second kappa shape index (κ2) is 22.7. The van der Waals surface area contributed by atoms with Gasteiger partial charge in [0.1, 0.15) is 24.1 Å². The Morgan fingerprint density at radius 1 is 1.06 bits per heavy atom. The number of carbonyl (C=O) groups is 4. The van der Waals surface area contributed by atoms with Crippen molar-refractivity contribution in [2.45, 2.75) is 194 Å². The van der Waals surface area contributed by atoms with Crippen LogP contribution in [0.25, 0.3) is 22.3 Å². The van der Waals surface area contributed by atoms with Crippen LogP contribution in [0.2, 0.25) is 0 Å². The molecule has 2 unspecified atom stereocenters. The van der Waals surface area contributed by atoms with Crippen molar-refractivity contribution in [2.75, 3.05) is 20.2 Å². The fourth-order valence-corrected chi connectivity index (χ4v) is 9.54. The van der Waals surface area contributed by atoms with E-state index in [0.717, 1.165) is 17.5 Å². The number of unbranched alkanes of at least 4 members (excludes halogenated alkanes) is 2. The fourth-order valence-electron chi connectivity index (χ4n) is 9.54. The van der Waals surface area contributed by atoms with Crippen molar-refractivity contribution >= 4 is 35.3 Å². The fraction of sp³-hybridized carbons (Fsp3) is 0.623. The molecule has 0 fully saturated rings. The smallest absolute Gasteiger partial charge is 0.410 e. The van der Waals surface area contributed by atoms with Crippen LogP contribution < -0.4 is 16.2 Å². The minimum Gasteiger partial charge on any atom is -0.463 e. The Hall–Kier alpha value is -5.19. The molecule has 3 amide bonds. The summed E-state index contributed by atoms with van der Waals surface area (Å²) < 4.78 is 34.0. The maximum atomic E-state index is 15.5. The minimum atomic E-state index is -1.68. The first-order valence-electron chi connectivity index (χ1n) is 24.8. The summed E-state index contributed by atoms with van der Waals surface area (Å²) in [5.41, 5.74) is 0.110. The van der Waals surface area contributed by atoms with Gasteiger partial charge in [-0.2, -0.15) is 0 Å². The highest BCUT2D eigenvalue weighted by atomic mass is 19.1. The predicted molar refractivity (Wildman–Crippen MR) is 263 cm³/mol. The molecule has 0 saturated heterocycles. The van der Waals surface area contributed by atoms with E-state index in [1.165, 1.54) is 15.5 Å². The van der Waals surface area contributed by atoms with Gasteiger partial charge in [0.05, 0.1) is 46.3 Å². The maximum Gasteiger partial charge on any atom is 0.410 e. The van der Waals surface area contributed by atoms with Crippen molar-refractivity contribution in [3.8, 4) is 11.4 Å². The number of hydrogen-bond donors (Lipinski definition) is 4. The Morgan fingerprint density at radius 2 is 1.78 bits per heavy atom. The Kier molecular flexibility index (Phi) is 18.0. The molecule has 15 nitrogen and oxygen atoms in total. The number of fused-ring (bicyclic) bond motifs is 4. The molecular formula is C53H76FN5O10. The highest BCUT2D eigenvalue weighted by Gasteiger charge is 2.40. The molecule has 0 radical (unpaired) electrons. The maximum absolute atomic E-state index is 15.5. The summed E-state index contributed by atoms with van der Waals surface area (Å²) in [6.45, 7) is 19.9. The number of ether oxygens (including phenoxy) is 3. The third-order valence-corrected chi connectivity index (χ3v) is 13.7. The molecule has 380 valence electrons. The first-order valence-corrected chi connectivity index (χ1v) is 24.8. The van der Waals surface area contributed by atoms with E-state index < -0.39 is 52.3 Å². The van der Waals surface area contributed by atoms with Gasteiger partial charge in [0.15, 0.2) is 0 Å². The standard InChI is InChI=1S/C51H70FN5O10.C2H6/c1-10-50(8,63)36-26-40-44-34(28-57(40)45(60)35(36)29-65-30-58)43-39(19-18-33-31(2)37(52)27-38(54-44)42(33)43)56(9)47(62)67-32-16-13-14-21-51(64,22-20-32)46(61)53-24-15-11-12-17-41(59)55-49(6,7)23-25-66-48(3,4)5;1-2/h13,16,26-27,30,32,39,63-64H,10-12,14-15,17-25,28-29H2,1-9H3,(H,53,61)(H,55,59);1-2H3/b16-13+;/t32?,39?,50-,51-;/m0./s1. The number of aromatic nitrogens is 2. The summed E-state index contributed by atoms with van der Waals surface area (Å²) in [5, 5.41) is 29.7. The van der Waals surface area contributed by atoms with Gasteiger partial charge in [0.2, 0.25) is 5.91 Å². The number of nitrogens with zero attached hydrogens (tertiary/aromatic N) is 3. The quantitative estimate of drug-likeness (QED) is 0.0426. The van der Waals surface area contributed by atoms with Crippen LogP contribution in [0.1, 0.15) is 172 Å². The lowest BCUT2D eigenvalue weighted by atomic mass is 9.81. The number of aryl methyl sites for hydroxylation is 1. The summed E-state index contributed by atoms with van der Waals surface area (Å²) in [4.78, 5) is 72.1. The number of benzene rings is 1. The van der Waals surface area contributed by atoms with E-state index in [0.29, 0.717) is 97.1 Å². The summed E-state index contributed by atoms with van der Waals surface area (Å²) in [7, 11) is 1.64. The van der Waals surface area contributed by atoms with E-state index in [-0.39, 0.29) is 62.4 Å². The number of rotatable bonds is 18. The number of carbonyl (C=O) groups excluding carboxylic acids is 4. The monoisotopic (exact) mass is 962 g/mol. The van der Waals surface area contributed by atoms with Crippen molar-refractivity contribution in [3.63, 3.8) is 0 Å². The zero-order valence-electron chi connectivity index (χ0n) is 42.7. The molecule has 3 aliphatic rings. The molecule has 1 aromatic carbocycles. The molecular weight excluding hydrogens is 886 g/mol. The highest BCUT2D eigenvalue weighted by Crippen LogP contribution is 2.47. The summed E-state index contributed by atoms with van der Waals surface area (Å²) in [5.74, 6) is -0.936. The highest BCUT2D eigenvalue weighted by molar-refractivity contribution is 5.93. The van der Waals surface area contributed by atoms with Gasteiger partial charge >= 0.3 is 6.09 Å².